The van der Waals surface area contributed by atoms with Gasteiger partial charge < -0.3 is 0 Å². The highest BCUT2D eigenvalue weighted by atomic mass is 14.7. The fraction of sp³-hybridized carbons (Fsp3) is 0. The third kappa shape index (κ3) is 1.63. The van der Waals surface area contributed by atoms with E-state index in [1.165, 1.54) is 0 Å². The molecule has 1 aromatic carbocycles. The summed E-state index contributed by atoms with van der Waals surface area (Å²) in [5, 5.41) is 17.9. The monoisotopic (exact) mass is 204 g/mol. The maximum atomic E-state index is 9.05. The van der Waals surface area contributed by atoms with Crippen LogP contribution in [0.4, 0.5) is 0 Å². The van der Waals surface area contributed by atoms with Crippen molar-refractivity contribution >= 4 is 0 Å². The number of hydrogen-bond donors (Lipinski definition) is 0. The number of nitriles is 2. The first kappa shape index (κ1) is 9.89. The molecule has 0 aliphatic heterocycles. The highest BCUT2D eigenvalue weighted by Crippen LogP contribution is 2.23. The molecule has 0 N–H and O–H groups in total. The van der Waals surface area contributed by atoms with Crippen LogP contribution in [0.5, 0.6) is 0 Å². The molecule has 0 amide bonds. The summed E-state index contributed by atoms with van der Waals surface area (Å²) in [4.78, 5) is 4.05. The quantitative estimate of drug-likeness (QED) is 0.716. The third-order valence-corrected chi connectivity index (χ3v) is 2.18. The van der Waals surface area contributed by atoms with Gasteiger partial charge in [0.15, 0.2) is 0 Å². The van der Waals surface area contributed by atoms with Crippen molar-refractivity contribution in [2.45, 2.75) is 0 Å². The predicted octanol–water partition coefficient (Wildman–Crippen LogP) is 2.29. The molecule has 3 heteroatoms. The molecule has 73 valence electrons. The standard InChI is InChI=1S/C13H6N3/c14-8-10-4-3-5-11(12(10)9-15)13-6-1-2-7-16-13/h1-6H. The lowest BCUT2D eigenvalue weighted by Gasteiger charge is -2.03. The average Bonchev–Trinajstić information content (AvgIpc) is 2.38. The van der Waals surface area contributed by atoms with Crippen molar-refractivity contribution in [3.63, 3.8) is 0 Å². The minimum absolute atomic E-state index is 0.358. The van der Waals surface area contributed by atoms with Crippen LogP contribution in [-0.4, -0.2) is 4.98 Å². The topological polar surface area (TPSA) is 60.5 Å². The normalized spacial score (nSPS) is 9.12. The van der Waals surface area contributed by atoms with Crippen LogP contribution in [0.2, 0.25) is 0 Å². The van der Waals surface area contributed by atoms with Crippen LogP contribution in [0.3, 0.4) is 0 Å². The van der Waals surface area contributed by atoms with E-state index in [1.807, 2.05) is 12.1 Å². The molecule has 0 saturated heterocycles. The van der Waals surface area contributed by atoms with E-state index < -0.39 is 0 Å². The van der Waals surface area contributed by atoms with Gasteiger partial charge in [-0.25, -0.2) is 4.98 Å². The highest BCUT2D eigenvalue weighted by molar-refractivity contribution is 5.70. The first-order valence-electron chi connectivity index (χ1n) is 4.63. The molecule has 0 bridgehead atoms. The molecule has 0 fully saturated rings. The van der Waals surface area contributed by atoms with E-state index in [2.05, 4.69) is 11.2 Å². The van der Waals surface area contributed by atoms with Gasteiger partial charge in [0.05, 0.1) is 23.0 Å². The van der Waals surface area contributed by atoms with Crippen molar-refractivity contribution in [3.05, 3.63) is 53.7 Å². The molecule has 0 aliphatic carbocycles. The van der Waals surface area contributed by atoms with Crippen molar-refractivity contribution in [3.8, 4) is 23.4 Å². The maximum Gasteiger partial charge on any atom is 0.101 e. The van der Waals surface area contributed by atoms with E-state index >= 15 is 0 Å². The number of pyridine rings is 1. The van der Waals surface area contributed by atoms with Gasteiger partial charge in [-0.1, -0.05) is 18.2 Å². The Hall–Kier alpha value is -2.65. The van der Waals surface area contributed by atoms with Crippen molar-refractivity contribution in [1.82, 2.24) is 4.98 Å². The summed E-state index contributed by atoms with van der Waals surface area (Å²) in [6.07, 6.45) is 2.71. The molecule has 0 saturated carbocycles. The molecule has 0 spiro atoms. The van der Waals surface area contributed by atoms with Gasteiger partial charge in [0, 0.05) is 5.56 Å². The molecule has 1 aromatic heterocycles. The van der Waals surface area contributed by atoms with Gasteiger partial charge >= 0.3 is 0 Å². The van der Waals surface area contributed by atoms with Crippen LogP contribution in [0.1, 0.15) is 11.1 Å². The van der Waals surface area contributed by atoms with Gasteiger partial charge in [-0.15, -0.1) is 0 Å². The molecule has 0 aliphatic rings. The van der Waals surface area contributed by atoms with E-state index in [-0.39, 0.29) is 0 Å². The number of benzene rings is 1. The predicted molar refractivity (Wildman–Crippen MR) is 57.9 cm³/mol. The van der Waals surface area contributed by atoms with Gasteiger partial charge in [0.1, 0.15) is 12.1 Å². The van der Waals surface area contributed by atoms with Crippen molar-refractivity contribution < 1.29 is 0 Å². The Morgan fingerprint density at radius 2 is 1.94 bits per heavy atom. The summed E-state index contributed by atoms with van der Waals surface area (Å²) >= 11 is 0. The number of nitrogens with zero attached hydrogens (tertiary/aromatic N) is 3. The Balaban J connectivity index is 2.69. The van der Waals surface area contributed by atoms with Crippen LogP contribution in [-0.2, 0) is 0 Å². The summed E-state index contributed by atoms with van der Waals surface area (Å²) in [5.74, 6) is 0. The van der Waals surface area contributed by atoms with Crippen LogP contribution < -0.4 is 0 Å². The molecule has 0 atom stereocenters. The lowest BCUT2D eigenvalue weighted by molar-refractivity contribution is 1.30. The summed E-state index contributed by atoms with van der Waals surface area (Å²) in [5.41, 5.74) is 2.04. The SMILES string of the molecule is N#Cc1cccc(-c2ccc[c]n2)c1C#N. The highest BCUT2D eigenvalue weighted by Gasteiger charge is 2.09. The summed E-state index contributed by atoms with van der Waals surface area (Å²) in [7, 11) is 0. The fourth-order valence-electron chi connectivity index (χ4n) is 1.46. The Morgan fingerprint density at radius 3 is 2.56 bits per heavy atom. The second kappa shape index (κ2) is 4.25. The molecular weight excluding hydrogens is 198 g/mol. The Kier molecular flexibility index (Phi) is 2.63. The maximum absolute atomic E-state index is 9.05. The molecule has 2 rings (SSSR count). The minimum atomic E-state index is 0.358. The summed E-state index contributed by atoms with van der Waals surface area (Å²) in [6.45, 7) is 0. The van der Waals surface area contributed by atoms with Gasteiger partial charge in [0.2, 0.25) is 0 Å². The third-order valence-electron chi connectivity index (χ3n) is 2.18. The lowest BCUT2D eigenvalue weighted by Crippen LogP contribution is -1.90. The smallest absolute Gasteiger partial charge is 0.101 e. The zero-order valence-electron chi connectivity index (χ0n) is 8.31. The Morgan fingerprint density at radius 1 is 1.06 bits per heavy atom. The van der Waals surface area contributed by atoms with E-state index in [4.69, 9.17) is 10.5 Å². The molecule has 0 unspecified atom stereocenters. The summed E-state index contributed by atoms with van der Waals surface area (Å²) < 4.78 is 0. The molecule has 1 heterocycles. The zero-order chi connectivity index (χ0) is 11.4. The number of hydrogen-bond acceptors (Lipinski definition) is 3. The zero-order valence-corrected chi connectivity index (χ0v) is 8.31. The Labute approximate surface area is 93.2 Å². The van der Waals surface area contributed by atoms with Crippen LogP contribution >= 0.6 is 0 Å². The van der Waals surface area contributed by atoms with Gasteiger partial charge in [-0.2, -0.15) is 10.5 Å². The van der Waals surface area contributed by atoms with Gasteiger partial charge in [-0.05, 0) is 18.2 Å². The average molecular weight is 204 g/mol. The molecule has 16 heavy (non-hydrogen) atoms. The van der Waals surface area contributed by atoms with Gasteiger partial charge in [0.25, 0.3) is 0 Å². The minimum Gasteiger partial charge on any atom is -0.246 e. The van der Waals surface area contributed by atoms with Gasteiger partial charge in [-0.3, -0.25) is 0 Å². The lowest BCUT2D eigenvalue weighted by atomic mass is 10.00. The number of aromatic nitrogens is 1. The van der Waals surface area contributed by atoms with Crippen LogP contribution in [0.25, 0.3) is 11.3 Å². The van der Waals surface area contributed by atoms with Crippen molar-refractivity contribution in [2.24, 2.45) is 0 Å². The molecule has 2 aromatic rings. The summed E-state index contributed by atoms with van der Waals surface area (Å²) in [6, 6.07) is 14.4. The van der Waals surface area contributed by atoms with E-state index in [1.54, 1.807) is 36.4 Å². The largest absolute Gasteiger partial charge is 0.246 e. The molecule has 1 radical (unpaired) electrons. The fourth-order valence-corrected chi connectivity index (χ4v) is 1.46. The number of rotatable bonds is 1. The second-order valence-corrected chi connectivity index (χ2v) is 3.10. The van der Waals surface area contributed by atoms with Crippen LogP contribution in [0.15, 0.2) is 36.4 Å². The van der Waals surface area contributed by atoms with Crippen molar-refractivity contribution in [2.75, 3.05) is 0 Å². The molecule has 3 nitrogen and oxygen atoms in total. The Bertz CT molecular complexity index is 589. The van der Waals surface area contributed by atoms with E-state index in [0.717, 1.165) is 0 Å². The first-order chi connectivity index (χ1) is 7.86. The van der Waals surface area contributed by atoms with E-state index in [9.17, 15) is 0 Å². The molecular formula is C13H6N3. The van der Waals surface area contributed by atoms with Crippen molar-refractivity contribution in [1.29, 1.82) is 10.5 Å². The first-order valence-corrected chi connectivity index (χ1v) is 4.63. The van der Waals surface area contributed by atoms with Crippen LogP contribution in [0, 0.1) is 28.9 Å². The second-order valence-electron chi connectivity index (χ2n) is 3.10. The van der Waals surface area contributed by atoms with E-state index in [0.29, 0.717) is 22.4 Å².